The van der Waals surface area contributed by atoms with E-state index in [0.717, 1.165) is 21.6 Å². The summed E-state index contributed by atoms with van der Waals surface area (Å²) in [7, 11) is 1.33. The topological polar surface area (TPSA) is 68.3 Å². The standard InChI is InChI=1S/C20H18N2O3S/c1-12-6-8-14(9-7-12)16-13(2)26-19(17(16)20(24)25-3)22-18(23)15-5-4-10-21-11-15/h4-11H,1-3H3,(H,22,23). The molecule has 26 heavy (non-hydrogen) atoms. The van der Waals surface area contributed by atoms with E-state index >= 15 is 0 Å². The van der Waals surface area contributed by atoms with E-state index in [1.807, 2.05) is 38.1 Å². The van der Waals surface area contributed by atoms with Gasteiger partial charge in [0.2, 0.25) is 0 Å². The fourth-order valence-electron chi connectivity index (χ4n) is 2.67. The monoisotopic (exact) mass is 366 g/mol. The number of esters is 1. The fraction of sp³-hybridized carbons (Fsp3) is 0.150. The number of carbonyl (C=O) groups is 2. The van der Waals surface area contributed by atoms with Crippen molar-refractivity contribution in [2.75, 3.05) is 12.4 Å². The van der Waals surface area contributed by atoms with E-state index in [4.69, 9.17) is 4.74 Å². The summed E-state index contributed by atoms with van der Waals surface area (Å²) in [5.74, 6) is -0.800. The smallest absolute Gasteiger partial charge is 0.341 e. The molecule has 5 nitrogen and oxygen atoms in total. The molecule has 1 amide bonds. The number of ether oxygens (including phenoxy) is 1. The Morgan fingerprint density at radius 2 is 1.85 bits per heavy atom. The molecule has 2 heterocycles. The van der Waals surface area contributed by atoms with E-state index in [1.165, 1.54) is 24.6 Å². The Balaban J connectivity index is 2.06. The van der Waals surface area contributed by atoms with E-state index in [1.54, 1.807) is 18.3 Å². The largest absolute Gasteiger partial charge is 0.465 e. The van der Waals surface area contributed by atoms with Crippen LogP contribution >= 0.6 is 11.3 Å². The lowest BCUT2D eigenvalue weighted by molar-refractivity contribution is 0.0603. The molecule has 132 valence electrons. The number of aromatic nitrogens is 1. The Morgan fingerprint density at radius 1 is 1.12 bits per heavy atom. The second-order valence-corrected chi connectivity index (χ2v) is 7.02. The molecule has 0 aliphatic heterocycles. The number of hydrogen-bond donors (Lipinski definition) is 1. The van der Waals surface area contributed by atoms with Crippen LogP contribution in [0.1, 0.15) is 31.2 Å². The molecule has 0 fully saturated rings. The molecule has 0 bridgehead atoms. The van der Waals surface area contributed by atoms with Crippen LogP contribution in [0.4, 0.5) is 5.00 Å². The highest BCUT2D eigenvalue weighted by molar-refractivity contribution is 7.17. The fourth-order valence-corrected chi connectivity index (χ4v) is 3.73. The van der Waals surface area contributed by atoms with Crippen LogP contribution in [0.2, 0.25) is 0 Å². The lowest BCUT2D eigenvalue weighted by atomic mass is 10.0. The predicted molar refractivity (Wildman–Crippen MR) is 103 cm³/mol. The summed E-state index contributed by atoms with van der Waals surface area (Å²) >= 11 is 1.35. The molecule has 0 aliphatic rings. The van der Waals surface area contributed by atoms with Gasteiger partial charge in [-0.2, -0.15) is 0 Å². The summed E-state index contributed by atoms with van der Waals surface area (Å²) in [5, 5.41) is 3.29. The second kappa shape index (κ2) is 7.49. The highest BCUT2D eigenvalue weighted by atomic mass is 32.1. The Bertz CT molecular complexity index is 947. The molecule has 2 aromatic heterocycles. The number of pyridine rings is 1. The molecule has 3 aromatic rings. The number of thiophene rings is 1. The van der Waals surface area contributed by atoms with Gasteiger partial charge in [0.25, 0.3) is 5.91 Å². The summed E-state index contributed by atoms with van der Waals surface area (Å²) < 4.78 is 4.97. The van der Waals surface area contributed by atoms with Crippen LogP contribution in [-0.4, -0.2) is 24.0 Å². The molecule has 3 rings (SSSR count). The minimum Gasteiger partial charge on any atom is -0.465 e. The maximum atomic E-state index is 12.5. The van der Waals surface area contributed by atoms with Crippen LogP contribution in [0.15, 0.2) is 48.8 Å². The number of anilines is 1. The van der Waals surface area contributed by atoms with Crippen LogP contribution in [0.3, 0.4) is 0 Å². The van der Waals surface area contributed by atoms with Gasteiger partial charge in [-0.15, -0.1) is 11.3 Å². The first-order valence-corrected chi connectivity index (χ1v) is 8.83. The van der Waals surface area contributed by atoms with Crippen molar-refractivity contribution in [1.82, 2.24) is 4.98 Å². The number of nitrogens with zero attached hydrogens (tertiary/aromatic N) is 1. The summed E-state index contributed by atoms with van der Waals surface area (Å²) in [6.45, 7) is 3.93. The van der Waals surface area contributed by atoms with Crippen LogP contribution in [0.25, 0.3) is 11.1 Å². The Hall–Kier alpha value is -2.99. The van der Waals surface area contributed by atoms with Crippen molar-refractivity contribution in [2.45, 2.75) is 13.8 Å². The summed E-state index contributed by atoms with van der Waals surface area (Å²) in [4.78, 5) is 29.8. The van der Waals surface area contributed by atoms with Crippen molar-refractivity contribution < 1.29 is 14.3 Å². The first-order valence-electron chi connectivity index (χ1n) is 8.01. The van der Waals surface area contributed by atoms with E-state index < -0.39 is 5.97 Å². The molecule has 0 saturated carbocycles. The molecular formula is C20H18N2O3S. The summed E-state index contributed by atoms with van der Waals surface area (Å²) in [6.07, 6.45) is 3.08. The van der Waals surface area contributed by atoms with Crippen LogP contribution in [0.5, 0.6) is 0 Å². The average Bonchev–Trinajstić information content (AvgIpc) is 2.98. The number of nitrogens with one attached hydrogen (secondary N) is 1. The Kier molecular flexibility index (Phi) is 5.14. The van der Waals surface area contributed by atoms with Gasteiger partial charge in [0, 0.05) is 22.8 Å². The number of carbonyl (C=O) groups excluding carboxylic acids is 2. The van der Waals surface area contributed by atoms with E-state index in [0.29, 0.717) is 16.1 Å². The molecule has 0 saturated heterocycles. The van der Waals surface area contributed by atoms with Crippen molar-refractivity contribution in [3.05, 3.63) is 70.4 Å². The summed E-state index contributed by atoms with van der Waals surface area (Å²) in [6, 6.07) is 11.3. The molecule has 0 spiro atoms. The van der Waals surface area contributed by atoms with Crippen molar-refractivity contribution >= 4 is 28.2 Å². The first-order chi connectivity index (χ1) is 12.5. The highest BCUT2D eigenvalue weighted by Gasteiger charge is 2.25. The normalized spacial score (nSPS) is 10.4. The van der Waals surface area contributed by atoms with E-state index in [9.17, 15) is 9.59 Å². The van der Waals surface area contributed by atoms with Crippen LogP contribution in [-0.2, 0) is 4.74 Å². The maximum Gasteiger partial charge on any atom is 0.341 e. The van der Waals surface area contributed by atoms with Gasteiger partial charge >= 0.3 is 5.97 Å². The highest BCUT2D eigenvalue weighted by Crippen LogP contribution is 2.40. The number of amides is 1. The molecule has 1 N–H and O–H groups in total. The minimum atomic E-state index is -0.480. The number of rotatable bonds is 4. The molecule has 6 heteroatoms. The zero-order valence-electron chi connectivity index (χ0n) is 14.7. The molecule has 1 aromatic carbocycles. The van der Waals surface area contributed by atoms with Gasteiger partial charge < -0.3 is 10.1 Å². The second-order valence-electron chi connectivity index (χ2n) is 5.79. The van der Waals surface area contributed by atoms with Crippen molar-refractivity contribution in [3.63, 3.8) is 0 Å². The molecule has 0 aliphatic carbocycles. The van der Waals surface area contributed by atoms with Gasteiger partial charge in [0.05, 0.1) is 12.7 Å². The SMILES string of the molecule is COC(=O)c1c(NC(=O)c2cccnc2)sc(C)c1-c1ccc(C)cc1. The van der Waals surface area contributed by atoms with Crippen molar-refractivity contribution in [2.24, 2.45) is 0 Å². The van der Waals surface area contributed by atoms with Crippen LogP contribution in [0, 0.1) is 13.8 Å². The predicted octanol–water partition coefficient (Wildman–Crippen LogP) is 4.47. The Labute approximate surface area is 155 Å². The van der Waals surface area contributed by atoms with Crippen molar-refractivity contribution in [1.29, 1.82) is 0 Å². The first kappa shape index (κ1) is 17.8. The molecule has 0 atom stereocenters. The van der Waals surface area contributed by atoms with Gasteiger partial charge in [0.15, 0.2) is 0 Å². The zero-order chi connectivity index (χ0) is 18.7. The number of aryl methyl sites for hydroxylation is 2. The third-order valence-corrected chi connectivity index (χ3v) is 4.99. The molecule has 0 unspecified atom stereocenters. The number of benzene rings is 1. The van der Waals surface area contributed by atoms with Gasteiger partial charge in [-0.25, -0.2) is 4.79 Å². The van der Waals surface area contributed by atoms with Gasteiger partial charge in [-0.3, -0.25) is 9.78 Å². The van der Waals surface area contributed by atoms with Gasteiger partial charge in [-0.05, 0) is 31.5 Å². The van der Waals surface area contributed by atoms with Gasteiger partial charge in [0.1, 0.15) is 10.6 Å². The Morgan fingerprint density at radius 3 is 2.46 bits per heavy atom. The van der Waals surface area contributed by atoms with Crippen LogP contribution < -0.4 is 5.32 Å². The lowest BCUT2D eigenvalue weighted by Crippen LogP contribution is -2.14. The van der Waals surface area contributed by atoms with E-state index in [2.05, 4.69) is 10.3 Å². The zero-order valence-corrected chi connectivity index (χ0v) is 15.5. The number of hydrogen-bond acceptors (Lipinski definition) is 5. The lowest BCUT2D eigenvalue weighted by Gasteiger charge is -2.08. The average molecular weight is 366 g/mol. The minimum absolute atomic E-state index is 0.319. The van der Waals surface area contributed by atoms with Gasteiger partial charge in [-0.1, -0.05) is 29.8 Å². The molecule has 0 radical (unpaired) electrons. The third-order valence-electron chi connectivity index (χ3n) is 3.96. The number of methoxy groups -OCH3 is 1. The summed E-state index contributed by atoms with van der Waals surface area (Å²) in [5.41, 5.74) is 3.61. The maximum absolute atomic E-state index is 12.5. The van der Waals surface area contributed by atoms with E-state index in [-0.39, 0.29) is 5.91 Å². The van der Waals surface area contributed by atoms with Crippen molar-refractivity contribution in [3.8, 4) is 11.1 Å². The third kappa shape index (κ3) is 3.50. The quantitative estimate of drug-likeness (QED) is 0.692. The molecular weight excluding hydrogens is 348 g/mol.